The van der Waals surface area contributed by atoms with Gasteiger partial charge in [0, 0.05) is 56.2 Å². The number of piperazine rings is 1. The highest BCUT2D eigenvalue weighted by Gasteiger charge is 2.26. The highest BCUT2D eigenvalue weighted by atomic mass is 16.2. The molecule has 1 saturated heterocycles. The van der Waals surface area contributed by atoms with Gasteiger partial charge in [0.2, 0.25) is 0 Å². The Bertz CT molecular complexity index is 1320. The summed E-state index contributed by atoms with van der Waals surface area (Å²) in [6.45, 7) is 10.3. The molecule has 0 radical (unpaired) electrons. The summed E-state index contributed by atoms with van der Waals surface area (Å²) >= 11 is 0. The maximum atomic E-state index is 13.7. The zero-order valence-electron chi connectivity index (χ0n) is 22.5. The Hall–Kier alpha value is -3.49. The fraction of sp³-hybridized carbons (Fsp3) is 0.433. The van der Waals surface area contributed by atoms with Gasteiger partial charge < -0.3 is 20.9 Å². The van der Waals surface area contributed by atoms with Crippen molar-refractivity contribution in [3.63, 3.8) is 0 Å². The second kappa shape index (κ2) is 11.5. The number of rotatable bonds is 9. The van der Waals surface area contributed by atoms with Crippen LogP contribution < -0.4 is 21.5 Å². The number of nitrogens with one attached hydrogen (secondary N) is 3. The number of aryl methyl sites for hydroxylation is 1. The Morgan fingerprint density at radius 2 is 1.97 bits per heavy atom. The lowest BCUT2D eigenvalue weighted by molar-refractivity contribution is 0.0951. The SMILES string of the molecule is Cc1ccc(C(=O)NC2CC2)cc1-n1ccnc(N[C@@H](c2ccccc2)[C@H](C)CN2CCN[C@@H](C)C2)c1=O. The molecule has 0 spiro atoms. The van der Waals surface area contributed by atoms with Crippen LogP contribution in [-0.4, -0.2) is 58.6 Å². The van der Waals surface area contributed by atoms with E-state index in [1.54, 1.807) is 23.0 Å². The van der Waals surface area contributed by atoms with Gasteiger partial charge in [-0.1, -0.05) is 43.3 Å². The van der Waals surface area contributed by atoms with E-state index in [1.807, 2.05) is 37.3 Å². The Balaban J connectivity index is 1.42. The van der Waals surface area contributed by atoms with Crippen molar-refractivity contribution in [2.24, 2.45) is 5.92 Å². The topological polar surface area (TPSA) is 91.3 Å². The third kappa shape index (κ3) is 6.14. The summed E-state index contributed by atoms with van der Waals surface area (Å²) in [7, 11) is 0. The lowest BCUT2D eigenvalue weighted by Crippen LogP contribution is -2.50. The molecule has 1 saturated carbocycles. The maximum absolute atomic E-state index is 13.7. The molecule has 3 atom stereocenters. The summed E-state index contributed by atoms with van der Waals surface area (Å²) in [6.07, 6.45) is 5.36. The first-order chi connectivity index (χ1) is 18.4. The minimum Gasteiger partial charge on any atom is -0.358 e. The molecule has 2 aromatic carbocycles. The molecule has 3 aromatic rings. The van der Waals surface area contributed by atoms with Gasteiger partial charge in [0.25, 0.3) is 11.5 Å². The molecule has 0 unspecified atom stereocenters. The van der Waals surface area contributed by atoms with Gasteiger partial charge in [0.15, 0.2) is 5.82 Å². The standard InChI is InChI=1S/C30H38N6O2/c1-20-9-10-24(29(37)33-25-11-12-25)17-26(20)36-16-14-32-28(30(36)38)34-27(23-7-5-4-6-8-23)21(2)18-35-15-13-31-22(3)19-35/h4-10,14,16-17,21-22,25,27,31H,11-13,15,18-19H2,1-3H3,(H,32,34)(H,33,37)/t21-,22+,27-/m1/s1. The van der Waals surface area contributed by atoms with Crippen LogP contribution in [0.1, 0.15) is 54.2 Å². The monoisotopic (exact) mass is 514 g/mol. The van der Waals surface area contributed by atoms with E-state index in [9.17, 15) is 9.59 Å². The predicted molar refractivity (Wildman–Crippen MR) is 151 cm³/mol. The average Bonchev–Trinajstić information content (AvgIpc) is 3.73. The third-order valence-corrected chi connectivity index (χ3v) is 7.50. The Morgan fingerprint density at radius 1 is 1.18 bits per heavy atom. The van der Waals surface area contributed by atoms with Crippen LogP contribution in [0.3, 0.4) is 0 Å². The van der Waals surface area contributed by atoms with E-state index in [4.69, 9.17) is 0 Å². The molecule has 1 amide bonds. The highest BCUT2D eigenvalue weighted by Crippen LogP contribution is 2.27. The fourth-order valence-corrected chi connectivity index (χ4v) is 5.26. The van der Waals surface area contributed by atoms with Crippen LogP contribution in [0.15, 0.2) is 65.7 Å². The van der Waals surface area contributed by atoms with Gasteiger partial charge in [-0.15, -0.1) is 0 Å². The quantitative estimate of drug-likeness (QED) is 0.405. The van der Waals surface area contributed by atoms with Gasteiger partial charge in [-0.05, 0) is 55.9 Å². The summed E-state index contributed by atoms with van der Waals surface area (Å²) in [5.74, 6) is 0.428. The summed E-state index contributed by atoms with van der Waals surface area (Å²) in [5, 5.41) is 10.0. The number of hydrogen-bond acceptors (Lipinski definition) is 6. The Morgan fingerprint density at radius 3 is 2.71 bits per heavy atom. The van der Waals surface area contributed by atoms with Crippen LogP contribution >= 0.6 is 0 Å². The number of aromatic nitrogens is 2. The number of carbonyl (C=O) groups excluding carboxylic acids is 1. The molecule has 2 heterocycles. The number of nitrogens with zero attached hydrogens (tertiary/aromatic N) is 3. The average molecular weight is 515 g/mol. The van der Waals surface area contributed by atoms with E-state index in [2.05, 4.69) is 51.8 Å². The normalized spacial score (nSPS) is 19.5. The van der Waals surface area contributed by atoms with Crippen molar-refractivity contribution in [2.45, 2.75) is 51.7 Å². The minimum atomic E-state index is -0.237. The zero-order chi connectivity index (χ0) is 26.6. The van der Waals surface area contributed by atoms with Crippen LogP contribution in [0, 0.1) is 12.8 Å². The van der Waals surface area contributed by atoms with Gasteiger partial charge in [-0.25, -0.2) is 4.98 Å². The molecule has 1 aliphatic carbocycles. The second-order valence-electron chi connectivity index (χ2n) is 10.8. The van der Waals surface area contributed by atoms with E-state index < -0.39 is 0 Å². The minimum absolute atomic E-state index is 0.0887. The first kappa shape index (κ1) is 26.1. The largest absolute Gasteiger partial charge is 0.358 e. The number of amides is 1. The predicted octanol–water partition coefficient (Wildman–Crippen LogP) is 3.52. The number of anilines is 1. The molecule has 8 heteroatoms. The van der Waals surface area contributed by atoms with Crippen LogP contribution in [0.5, 0.6) is 0 Å². The molecule has 38 heavy (non-hydrogen) atoms. The van der Waals surface area contributed by atoms with Gasteiger partial charge in [-0.2, -0.15) is 0 Å². The molecule has 200 valence electrons. The number of benzene rings is 2. The first-order valence-corrected chi connectivity index (χ1v) is 13.7. The van der Waals surface area contributed by atoms with Crippen molar-refractivity contribution < 1.29 is 4.79 Å². The van der Waals surface area contributed by atoms with Gasteiger partial charge >= 0.3 is 0 Å². The van der Waals surface area contributed by atoms with E-state index >= 15 is 0 Å². The van der Waals surface area contributed by atoms with Gasteiger partial charge in [0.1, 0.15) is 0 Å². The van der Waals surface area contributed by atoms with Crippen LogP contribution in [0.25, 0.3) is 5.69 Å². The van der Waals surface area contributed by atoms with Crippen molar-refractivity contribution in [3.8, 4) is 5.69 Å². The molecule has 3 N–H and O–H groups in total. The smallest absolute Gasteiger partial charge is 0.297 e. The lowest BCUT2D eigenvalue weighted by atomic mass is 9.93. The van der Waals surface area contributed by atoms with Crippen molar-refractivity contribution in [3.05, 3.63) is 88.0 Å². The van der Waals surface area contributed by atoms with Gasteiger partial charge in [-0.3, -0.25) is 14.2 Å². The van der Waals surface area contributed by atoms with E-state index in [0.29, 0.717) is 23.1 Å². The molecule has 2 aliphatic rings. The zero-order valence-corrected chi connectivity index (χ0v) is 22.5. The van der Waals surface area contributed by atoms with Crippen molar-refractivity contribution in [1.29, 1.82) is 0 Å². The molecule has 2 fully saturated rings. The lowest BCUT2D eigenvalue weighted by Gasteiger charge is -2.36. The van der Waals surface area contributed by atoms with Crippen molar-refractivity contribution >= 4 is 11.7 Å². The molecule has 0 bridgehead atoms. The van der Waals surface area contributed by atoms with Crippen molar-refractivity contribution in [2.75, 3.05) is 31.5 Å². The number of carbonyl (C=O) groups is 1. The highest BCUT2D eigenvalue weighted by molar-refractivity contribution is 5.95. The van der Waals surface area contributed by atoms with E-state index in [0.717, 1.165) is 50.1 Å². The molecule has 8 nitrogen and oxygen atoms in total. The Labute approximate surface area is 224 Å². The summed E-state index contributed by atoms with van der Waals surface area (Å²) < 4.78 is 1.59. The van der Waals surface area contributed by atoms with E-state index in [-0.39, 0.29) is 29.5 Å². The van der Waals surface area contributed by atoms with Crippen molar-refractivity contribution in [1.82, 2.24) is 25.1 Å². The first-order valence-electron chi connectivity index (χ1n) is 13.7. The van der Waals surface area contributed by atoms with Gasteiger partial charge in [0.05, 0.1) is 11.7 Å². The molecule has 1 aromatic heterocycles. The molecule has 5 rings (SSSR count). The molecular weight excluding hydrogens is 476 g/mol. The van der Waals surface area contributed by atoms with E-state index in [1.165, 1.54) is 0 Å². The molecular formula is C30H38N6O2. The molecule has 1 aliphatic heterocycles. The number of hydrogen-bond donors (Lipinski definition) is 3. The summed E-state index contributed by atoms with van der Waals surface area (Å²) in [4.78, 5) is 33.3. The summed E-state index contributed by atoms with van der Waals surface area (Å²) in [6, 6.07) is 16.4. The summed E-state index contributed by atoms with van der Waals surface area (Å²) in [5.41, 5.74) is 3.03. The maximum Gasteiger partial charge on any atom is 0.297 e. The second-order valence-corrected chi connectivity index (χ2v) is 10.8. The van der Waals surface area contributed by atoms with Crippen LogP contribution in [0.4, 0.5) is 5.82 Å². The fourth-order valence-electron chi connectivity index (χ4n) is 5.26. The van der Waals surface area contributed by atoms with Crippen LogP contribution in [-0.2, 0) is 0 Å². The van der Waals surface area contributed by atoms with Crippen LogP contribution in [0.2, 0.25) is 0 Å². The Kier molecular flexibility index (Phi) is 7.90. The third-order valence-electron chi connectivity index (χ3n) is 7.50.